The quantitative estimate of drug-likeness (QED) is 0.898. The lowest BCUT2D eigenvalue weighted by atomic mass is 10.1. The smallest absolute Gasteiger partial charge is 0.391 e. The van der Waals surface area contributed by atoms with Gasteiger partial charge in [0, 0.05) is 10.6 Å². The molecular formula is C12H11ClF3NO3. The second-order valence-corrected chi connectivity index (χ2v) is 4.50. The van der Waals surface area contributed by atoms with E-state index >= 15 is 0 Å². The molecule has 20 heavy (non-hydrogen) atoms. The molecule has 1 aromatic carbocycles. The molecule has 1 amide bonds. The fraction of sp³-hybridized carbons (Fsp3) is 0.333. The lowest BCUT2D eigenvalue weighted by molar-refractivity contribution is -0.157. The zero-order valence-electron chi connectivity index (χ0n) is 10.3. The van der Waals surface area contributed by atoms with Gasteiger partial charge < -0.3 is 10.4 Å². The summed E-state index contributed by atoms with van der Waals surface area (Å²) in [5, 5.41) is 10.8. The van der Waals surface area contributed by atoms with E-state index in [1.165, 1.54) is 25.1 Å². The summed E-state index contributed by atoms with van der Waals surface area (Å²) >= 11 is 5.79. The van der Waals surface area contributed by atoms with Crippen LogP contribution in [0.15, 0.2) is 18.2 Å². The molecule has 1 rings (SSSR count). The van der Waals surface area contributed by atoms with Crippen molar-refractivity contribution in [1.82, 2.24) is 5.32 Å². The minimum Gasteiger partial charge on any atom is -0.480 e. The molecule has 2 N–H and O–H groups in total. The number of carbonyl (C=O) groups is 2. The maximum atomic E-state index is 12.2. The summed E-state index contributed by atoms with van der Waals surface area (Å²) in [5.41, 5.74) is 0.397. The molecule has 4 nitrogen and oxygen atoms in total. The van der Waals surface area contributed by atoms with Crippen molar-refractivity contribution in [2.75, 3.05) is 0 Å². The van der Waals surface area contributed by atoms with E-state index in [1.54, 1.807) is 0 Å². The van der Waals surface area contributed by atoms with Crippen LogP contribution in [0.25, 0.3) is 0 Å². The summed E-state index contributed by atoms with van der Waals surface area (Å²) in [5.74, 6) is -2.67. The van der Waals surface area contributed by atoms with Gasteiger partial charge in [-0.15, -0.1) is 0 Å². The fourth-order valence-corrected chi connectivity index (χ4v) is 1.70. The SMILES string of the molecule is Cc1c(Cl)cccc1C(=O)NC(CC(F)(F)F)C(=O)O. The highest BCUT2D eigenvalue weighted by Crippen LogP contribution is 2.23. The van der Waals surface area contributed by atoms with Gasteiger partial charge in [-0.1, -0.05) is 17.7 Å². The Kier molecular flexibility index (Phi) is 4.99. The Morgan fingerprint density at radius 2 is 2.00 bits per heavy atom. The second kappa shape index (κ2) is 6.13. The van der Waals surface area contributed by atoms with Gasteiger partial charge in [-0.2, -0.15) is 13.2 Å². The van der Waals surface area contributed by atoms with Crippen LogP contribution < -0.4 is 5.32 Å². The zero-order chi connectivity index (χ0) is 15.5. The van der Waals surface area contributed by atoms with Gasteiger partial charge in [0.05, 0.1) is 6.42 Å². The summed E-state index contributed by atoms with van der Waals surface area (Å²) in [6.07, 6.45) is -6.34. The predicted octanol–water partition coefficient (Wildman–Crippen LogP) is 2.78. The Morgan fingerprint density at radius 1 is 1.40 bits per heavy atom. The van der Waals surface area contributed by atoms with Crippen LogP contribution >= 0.6 is 11.6 Å². The normalized spacial score (nSPS) is 12.8. The summed E-state index contributed by atoms with van der Waals surface area (Å²) in [7, 11) is 0. The Morgan fingerprint density at radius 3 is 2.50 bits per heavy atom. The first-order valence-corrected chi connectivity index (χ1v) is 5.85. The van der Waals surface area contributed by atoms with Gasteiger partial charge in [0.2, 0.25) is 0 Å². The summed E-state index contributed by atoms with van der Waals surface area (Å²) in [6, 6.07) is 2.27. The number of carboxylic acid groups (broad SMARTS) is 1. The van der Waals surface area contributed by atoms with E-state index in [1.807, 2.05) is 5.32 Å². The number of alkyl halides is 3. The number of hydrogen-bond donors (Lipinski definition) is 2. The molecule has 110 valence electrons. The number of rotatable bonds is 4. The van der Waals surface area contributed by atoms with Gasteiger partial charge >= 0.3 is 12.1 Å². The number of aliphatic carboxylic acids is 1. The van der Waals surface area contributed by atoms with Crippen LogP contribution in [-0.2, 0) is 4.79 Å². The molecule has 1 atom stereocenters. The van der Waals surface area contributed by atoms with Crippen molar-refractivity contribution in [3.63, 3.8) is 0 Å². The summed E-state index contributed by atoms with van der Waals surface area (Å²) in [4.78, 5) is 22.6. The van der Waals surface area contributed by atoms with Crippen LogP contribution in [0.1, 0.15) is 22.3 Å². The first-order valence-electron chi connectivity index (χ1n) is 5.47. The molecule has 0 saturated heterocycles. The maximum Gasteiger partial charge on any atom is 0.391 e. The average Bonchev–Trinajstić information content (AvgIpc) is 2.29. The minimum absolute atomic E-state index is 0.0333. The van der Waals surface area contributed by atoms with Crippen LogP contribution in [0.5, 0.6) is 0 Å². The van der Waals surface area contributed by atoms with Gasteiger partial charge in [0.15, 0.2) is 0 Å². The molecule has 0 aliphatic carbocycles. The van der Waals surface area contributed by atoms with Gasteiger partial charge in [0.25, 0.3) is 5.91 Å². The molecule has 8 heteroatoms. The molecule has 0 aromatic heterocycles. The monoisotopic (exact) mass is 309 g/mol. The van der Waals surface area contributed by atoms with E-state index in [0.29, 0.717) is 5.56 Å². The van der Waals surface area contributed by atoms with E-state index < -0.39 is 30.5 Å². The standard InChI is InChI=1S/C12H11ClF3NO3/c1-6-7(3-2-4-8(6)13)10(18)17-9(11(19)20)5-12(14,15)16/h2-4,9H,5H2,1H3,(H,17,18)(H,19,20). The zero-order valence-corrected chi connectivity index (χ0v) is 11.0. The van der Waals surface area contributed by atoms with Crippen molar-refractivity contribution < 1.29 is 27.9 Å². The Balaban J connectivity index is 2.92. The highest BCUT2D eigenvalue weighted by atomic mass is 35.5. The number of halogens is 4. The predicted molar refractivity (Wildman–Crippen MR) is 65.8 cm³/mol. The molecule has 0 fully saturated rings. The molecule has 1 unspecified atom stereocenters. The fourth-order valence-electron chi connectivity index (χ4n) is 1.52. The maximum absolute atomic E-state index is 12.2. The summed E-state index contributed by atoms with van der Waals surface area (Å²) in [6.45, 7) is 1.51. The van der Waals surface area contributed by atoms with Crippen molar-refractivity contribution in [3.05, 3.63) is 34.3 Å². The topological polar surface area (TPSA) is 66.4 Å². The minimum atomic E-state index is -4.69. The largest absolute Gasteiger partial charge is 0.480 e. The number of amides is 1. The van der Waals surface area contributed by atoms with Crippen LogP contribution in [0.4, 0.5) is 13.2 Å². The highest BCUT2D eigenvalue weighted by Gasteiger charge is 2.36. The van der Waals surface area contributed by atoms with Crippen molar-refractivity contribution in [2.45, 2.75) is 25.6 Å². The van der Waals surface area contributed by atoms with E-state index in [0.717, 1.165) is 0 Å². The van der Waals surface area contributed by atoms with Gasteiger partial charge in [-0.3, -0.25) is 4.79 Å². The third-order valence-electron chi connectivity index (χ3n) is 2.55. The van der Waals surface area contributed by atoms with Gasteiger partial charge in [-0.05, 0) is 24.6 Å². The molecule has 0 bridgehead atoms. The van der Waals surface area contributed by atoms with Crippen molar-refractivity contribution in [2.24, 2.45) is 0 Å². The molecule has 1 aromatic rings. The van der Waals surface area contributed by atoms with E-state index in [4.69, 9.17) is 16.7 Å². The van der Waals surface area contributed by atoms with Crippen LogP contribution in [0, 0.1) is 6.92 Å². The summed E-state index contributed by atoms with van der Waals surface area (Å²) < 4.78 is 36.7. The van der Waals surface area contributed by atoms with Crippen molar-refractivity contribution in [1.29, 1.82) is 0 Å². The number of nitrogens with one attached hydrogen (secondary N) is 1. The van der Waals surface area contributed by atoms with E-state index in [2.05, 4.69) is 0 Å². The molecule has 0 aliphatic rings. The second-order valence-electron chi connectivity index (χ2n) is 4.10. The van der Waals surface area contributed by atoms with Crippen molar-refractivity contribution >= 4 is 23.5 Å². The number of hydrogen-bond acceptors (Lipinski definition) is 2. The lowest BCUT2D eigenvalue weighted by Gasteiger charge is -2.17. The highest BCUT2D eigenvalue weighted by molar-refractivity contribution is 6.31. The molecule has 0 heterocycles. The molecule has 0 saturated carbocycles. The molecular weight excluding hydrogens is 299 g/mol. The molecule has 0 spiro atoms. The first kappa shape index (κ1) is 16.3. The van der Waals surface area contributed by atoms with E-state index in [-0.39, 0.29) is 10.6 Å². The Hall–Kier alpha value is -1.76. The number of carboxylic acids is 1. The van der Waals surface area contributed by atoms with Crippen LogP contribution in [0.3, 0.4) is 0 Å². The van der Waals surface area contributed by atoms with Gasteiger partial charge in [0.1, 0.15) is 6.04 Å². The lowest BCUT2D eigenvalue weighted by Crippen LogP contribution is -2.43. The number of carbonyl (C=O) groups excluding carboxylic acids is 1. The molecule has 0 radical (unpaired) electrons. The van der Waals surface area contributed by atoms with Gasteiger partial charge in [-0.25, -0.2) is 4.79 Å². The van der Waals surface area contributed by atoms with Crippen LogP contribution in [0.2, 0.25) is 5.02 Å². The third-order valence-corrected chi connectivity index (χ3v) is 2.96. The number of benzene rings is 1. The Bertz CT molecular complexity index is 531. The Labute approximate surface area is 117 Å². The third kappa shape index (κ3) is 4.41. The first-order chi connectivity index (χ1) is 9.11. The average molecular weight is 310 g/mol. The van der Waals surface area contributed by atoms with Crippen LogP contribution in [-0.4, -0.2) is 29.2 Å². The van der Waals surface area contributed by atoms with Crippen molar-refractivity contribution in [3.8, 4) is 0 Å². The molecule has 0 aliphatic heterocycles. The van der Waals surface area contributed by atoms with E-state index in [9.17, 15) is 22.8 Å².